The monoisotopic (exact) mass is 829 g/mol. The van der Waals surface area contributed by atoms with E-state index in [1.165, 1.54) is 18.3 Å². The third kappa shape index (κ3) is 15.5. The molecule has 0 atom stereocenters. The summed E-state index contributed by atoms with van der Waals surface area (Å²) in [4.78, 5) is 50.7. The molecule has 3 aromatic carbocycles. The summed E-state index contributed by atoms with van der Waals surface area (Å²) in [6.07, 6.45) is 15.9. The molecular formula is C47H51N5O9. The summed E-state index contributed by atoms with van der Waals surface area (Å²) in [5.74, 6) is 1.75. The molecule has 0 fully saturated rings. The maximum atomic E-state index is 13.3. The fourth-order valence-electron chi connectivity index (χ4n) is 5.78. The molecule has 61 heavy (non-hydrogen) atoms. The molecule has 5 rings (SSSR count). The molecule has 0 saturated carbocycles. The number of rotatable bonds is 25. The van der Waals surface area contributed by atoms with Gasteiger partial charge in [-0.05, 0) is 124 Å². The number of allylic oxidation sites excluding steroid dienone is 1. The van der Waals surface area contributed by atoms with E-state index in [0.717, 1.165) is 63.1 Å². The fourth-order valence-corrected chi connectivity index (χ4v) is 5.78. The number of ether oxygens (including phenoxy) is 6. The van der Waals surface area contributed by atoms with Crippen molar-refractivity contribution in [1.29, 1.82) is 0 Å². The Morgan fingerprint density at radius 2 is 1.23 bits per heavy atom. The number of nitrogens with one attached hydrogen (secondary N) is 1. The van der Waals surface area contributed by atoms with Crippen LogP contribution in [0, 0.1) is 0 Å². The minimum atomic E-state index is -0.606. The van der Waals surface area contributed by atoms with Gasteiger partial charge in [0.05, 0.1) is 49.5 Å². The molecule has 1 N–H and O–H groups in total. The Bertz CT molecular complexity index is 2170. The second kappa shape index (κ2) is 24.7. The average molecular weight is 830 g/mol. The number of carbonyl (C=O) groups is 3. The number of aliphatic imine (C=N–C) groups is 1. The number of esters is 3. The first-order valence-electron chi connectivity index (χ1n) is 20.2. The number of amidine groups is 1. The fraction of sp³-hybridized carbons (Fsp3) is 0.298. The second-order valence-corrected chi connectivity index (χ2v) is 13.7. The van der Waals surface area contributed by atoms with E-state index >= 15 is 0 Å². The first-order valence-corrected chi connectivity index (χ1v) is 20.2. The smallest absolute Gasteiger partial charge is 0.343 e. The van der Waals surface area contributed by atoms with E-state index in [1.54, 1.807) is 73.1 Å². The highest BCUT2D eigenvalue weighted by Gasteiger charge is 2.17. The molecule has 0 saturated heterocycles. The van der Waals surface area contributed by atoms with Gasteiger partial charge in [-0.2, -0.15) is 5.10 Å². The van der Waals surface area contributed by atoms with Crippen LogP contribution in [0.15, 0.2) is 127 Å². The van der Waals surface area contributed by atoms with Gasteiger partial charge in [0.2, 0.25) is 0 Å². The third-order valence-corrected chi connectivity index (χ3v) is 9.10. The van der Waals surface area contributed by atoms with E-state index in [2.05, 4.69) is 45.2 Å². The van der Waals surface area contributed by atoms with E-state index in [0.29, 0.717) is 84.9 Å². The van der Waals surface area contributed by atoms with Crippen LogP contribution >= 0.6 is 0 Å². The van der Waals surface area contributed by atoms with Gasteiger partial charge in [0.25, 0.3) is 0 Å². The van der Waals surface area contributed by atoms with Gasteiger partial charge in [-0.25, -0.2) is 24.4 Å². The van der Waals surface area contributed by atoms with Crippen LogP contribution in [0.2, 0.25) is 0 Å². The normalized spacial score (nSPS) is 11.7. The summed E-state index contributed by atoms with van der Waals surface area (Å²) in [5, 5.41) is 4.35. The number of carbonyl (C=O) groups excluding carboxylic acids is 3. The Labute approximate surface area is 356 Å². The first kappa shape index (κ1) is 45.0. The number of hydrogen-bond donors (Lipinski definition) is 1. The molecule has 2 heterocycles. The van der Waals surface area contributed by atoms with Crippen LogP contribution in [0.4, 0.5) is 5.82 Å². The lowest BCUT2D eigenvalue weighted by molar-refractivity contribution is -0.137. The van der Waals surface area contributed by atoms with Crippen LogP contribution < -0.4 is 24.4 Å². The van der Waals surface area contributed by atoms with Gasteiger partial charge in [-0.1, -0.05) is 19.7 Å². The van der Waals surface area contributed by atoms with Crippen molar-refractivity contribution in [2.75, 3.05) is 26.4 Å². The van der Waals surface area contributed by atoms with Crippen molar-refractivity contribution < 1.29 is 42.8 Å². The lowest BCUT2D eigenvalue weighted by Crippen LogP contribution is -2.21. The van der Waals surface area contributed by atoms with Gasteiger partial charge in [0, 0.05) is 36.9 Å². The summed E-state index contributed by atoms with van der Waals surface area (Å²) in [5.41, 5.74) is 4.74. The number of aromatic nitrogens is 2. The number of fused-ring (bicyclic) bond motifs is 1. The predicted molar refractivity (Wildman–Crippen MR) is 232 cm³/mol. The predicted octanol–water partition coefficient (Wildman–Crippen LogP) is 8.84. The average Bonchev–Trinajstić information content (AvgIpc) is 3.29. The van der Waals surface area contributed by atoms with E-state index in [-0.39, 0.29) is 11.5 Å². The third-order valence-electron chi connectivity index (χ3n) is 9.10. The standard InChI is InChI=1S/C47H51N5O9/c1-4-34(3)56-28-10-6-7-11-29-57-38-18-14-35(15-19-38)46(54)60-40-22-24-42(37(32-40)33-50-52-43-25-23-41-45(51-43)49-27-26-48-41)61-47(55)36-16-20-39(21-17-36)58-30-12-8-9-13-31-59-44(53)5-2/h4-5,14-22,24,26-27,32-33H,1-3,6-13,23,25,28-31H2,(H,49,51,52)/b50-33+. The van der Waals surface area contributed by atoms with Gasteiger partial charge in [0.1, 0.15) is 34.6 Å². The van der Waals surface area contributed by atoms with Crippen molar-refractivity contribution in [3.05, 3.63) is 139 Å². The highest BCUT2D eigenvalue weighted by atomic mass is 16.5. The molecule has 0 bridgehead atoms. The number of unbranched alkanes of at least 4 members (excludes halogenated alkanes) is 6. The Hall–Kier alpha value is -7.09. The molecule has 0 radical (unpaired) electrons. The van der Waals surface area contributed by atoms with Crippen LogP contribution in [0.3, 0.4) is 0 Å². The van der Waals surface area contributed by atoms with Gasteiger partial charge in [-0.3, -0.25) is 10.4 Å². The molecule has 0 spiro atoms. The van der Waals surface area contributed by atoms with E-state index < -0.39 is 17.9 Å². The van der Waals surface area contributed by atoms with E-state index in [1.807, 2.05) is 0 Å². The summed E-state index contributed by atoms with van der Waals surface area (Å²) in [6, 6.07) is 18.0. The van der Waals surface area contributed by atoms with Crippen molar-refractivity contribution in [1.82, 2.24) is 15.4 Å². The first-order chi connectivity index (χ1) is 29.8. The van der Waals surface area contributed by atoms with Crippen molar-refractivity contribution in [2.24, 2.45) is 10.1 Å². The molecule has 0 unspecified atom stereocenters. The summed E-state index contributed by atoms with van der Waals surface area (Å²) in [7, 11) is 0. The zero-order valence-electron chi connectivity index (χ0n) is 34.2. The van der Waals surface area contributed by atoms with Crippen LogP contribution in [0.5, 0.6) is 23.0 Å². The lowest BCUT2D eigenvalue weighted by atomic mass is 10.2. The number of aryl methyl sites for hydroxylation is 1. The molecule has 318 valence electrons. The largest absolute Gasteiger partial charge is 0.494 e. The molecule has 0 amide bonds. The van der Waals surface area contributed by atoms with Crippen molar-refractivity contribution in [3.8, 4) is 23.0 Å². The van der Waals surface area contributed by atoms with Gasteiger partial charge < -0.3 is 28.4 Å². The summed E-state index contributed by atoms with van der Waals surface area (Å²) < 4.78 is 33.6. The van der Waals surface area contributed by atoms with Crippen LogP contribution in [-0.4, -0.2) is 66.4 Å². The Kier molecular flexibility index (Phi) is 18.3. The molecule has 4 aromatic rings. The SMILES string of the molecule is C=CC(=C)OCCCCCCOc1ccc(C(=O)Oc2ccc(OC(=O)c3ccc(OCCCCCCOC(=O)C=C)cc3)c(/C=N/NC3=Nc4nccnc4CC3)c2)cc1. The molecule has 14 heteroatoms. The highest BCUT2D eigenvalue weighted by molar-refractivity contribution is 5.95. The maximum absolute atomic E-state index is 13.3. The molecular weight excluding hydrogens is 779 g/mol. The topological polar surface area (TPSA) is 169 Å². The molecule has 1 aliphatic rings. The number of nitrogens with zero attached hydrogens (tertiary/aromatic N) is 4. The van der Waals surface area contributed by atoms with Crippen LogP contribution in [0.25, 0.3) is 0 Å². The number of hydrogen-bond acceptors (Lipinski definition) is 14. The minimum absolute atomic E-state index is 0.185. The number of hydrazone groups is 1. The quantitative estimate of drug-likeness (QED) is 0.00986. The van der Waals surface area contributed by atoms with Gasteiger partial charge in [0.15, 0.2) is 5.82 Å². The molecule has 0 aliphatic carbocycles. The minimum Gasteiger partial charge on any atom is -0.494 e. The molecule has 1 aliphatic heterocycles. The highest BCUT2D eigenvalue weighted by Crippen LogP contribution is 2.26. The second-order valence-electron chi connectivity index (χ2n) is 13.7. The van der Waals surface area contributed by atoms with Crippen molar-refractivity contribution >= 4 is 35.8 Å². The van der Waals surface area contributed by atoms with Gasteiger partial charge >= 0.3 is 17.9 Å². The lowest BCUT2D eigenvalue weighted by Gasteiger charge is -2.13. The Morgan fingerprint density at radius 3 is 1.85 bits per heavy atom. The Balaban J connectivity index is 1.16. The van der Waals surface area contributed by atoms with Crippen LogP contribution in [0.1, 0.15) is 89.8 Å². The molecule has 1 aromatic heterocycles. The Morgan fingerprint density at radius 1 is 0.656 bits per heavy atom. The van der Waals surface area contributed by atoms with E-state index in [9.17, 15) is 14.4 Å². The van der Waals surface area contributed by atoms with Crippen molar-refractivity contribution in [3.63, 3.8) is 0 Å². The maximum Gasteiger partial charge on any atom is 0.343 e. The van der Waals surface area contributed by atoms with Gasteiger partial charge in [-0.15, -0.1) is 0 Å². The van der Waals surface area contributed by atoms with Crippen LogP contribution in [-0.2, 0) is 20.7 Å². The summed E-state index contributed by atoms with van der Waals surface area (Å²) in [6.45, 7) is 12.8. The molecule has 14 nitrogen and oxygen atoms in total. The number of benzene rings is 3. The summed E-state index contributed by atoms with van der Waals surface area (Å²) >= 11 is 0. The zero-order chi connectivity index (χ0) is 43.1. The van der Waals surface area contributed by atoms with E-state index in [4.69, 9.17) is 28.4 Å². The zero-order valence-corrected chi connectivity index (χ0v) is 34.2. The van der Waals surface area contributed by atoms with Crippen molar-refractivity contribution in [2.45, 2.75) is 64.2 Å².